The predicted octanol–water partition coefficient (Wildman–Crippen LogP) is 0.999. The lowest BCUT2D eigenvalue weighted by Gasteiger charge is -2.03. The average molecular weight is 679 g/mol. The summed E-state index contributed by atoms with van der Waals surface area (Å²) in [6.45, 7) is 0. The third kappa shape index (κ3) is 7.86. The van der Waals surface area contributed by atoms with E-state index in [9.17, 15) is 39.9 Å². The maximum atomic E-state index is 13.2. The Morgan fingerprint density at radius 3 is 1.29 bits per heavy atom. The van der Waals surface area contributed by atoms with Crippen LogP contribution < -0.4 is 32.4 Å². The summed E-state index contributed by atoms with van der Waals surface area (Å²) < 4.78 is 94.9. The van der Waals surface area contributed by atoms with Gasteiger partial charge in [-0.1, -0.05) is 0 Å². The quantitative estimate of drug-likeness (QED) is 0.0818. The van der Waals surface area contributed by atoms with Crippen molar-refractivity contribution in [1.82, 2.24) is 0 Å². The number of hydrogen-bond donors (Lipinski definition) is 6. The molecule has 0 spiro atoms. The molecule has 234 valence electrons. The Bertz CT molecular complexity index is 2370. The molecular weight excluding hydrogens is 660 g/mol. The maximum Gasteiger partial charge on any atom is 0.294 e. The van der Waals surface area contributed by atoms with Crippen molar-refractivity contribution in [3.63, 3.8) is 0 Å². The molecule has 4 aromatic carbocycles. The summed E-state index contributed by atoms with van der Waals surface area (Å²) in [4.78, 5) is 25.0. The standard InChI is InChI=1S/C24H18N6O12S3/c31-22-19(28-25-13-1-7-16(8-2-13)43(34,35)36)23(32)21(30-27-15-5-11-18(12-6-15)45(40,41)42)24(33)20(22)29-26-14-3-9-17(10-4-14)44(37,38)39/h1-12,25-26,32H,(H,34,35,36)(H,37,38,39)(H,40,41,42)/b28-19+,29-20-,30-27?. The van der Waals surface area contributed by atoms with Gasteiger partial charge >= 0.3 is 0 Å². The predicted molar refractivity (Wildman–Crippen MR) is 154 cm³/mol. The zero-order valence-electron chi connectivity index (χ0n) is 22.0. The molecule has 0 radical (unpaired) electrons. The van der Waals surface area contributed by atoms with Crippen LogP contribution in [0, 0.1) is 0 Å². The number of aromatic hydroxyl groups is 1. The number of benzene rings is 4. The summed E-state index contributed by atoms with van der Waals surface area (Å²) in [6.07, 6.45) is 0. The number of hydrogen-bond acceptors (Lipinski definition) is 15. The minimum Gasteiger partial charge on any atom is -0.504 e. The van der Waals surface area contributed by atoms with Gasteiger partial charge in [-0.3, -0.25) is 34.1 Å². The SMILES string of the molecule is O=c1c(N=Nc2ccc(S(=O)(=O)O)cc2)c(O)/c(=N/Nc2ccc(S(=O)(=O)O)cc2)c(=O)/c1=N/Nc1ccc(S(=O)(=O)O)cc1. The van der Waals surface area contributed by atoms with Gasteiger partial charge in [-0.25, -0.2) is 0 Å². The van der Waals surface area contributed by atoms with Crippen LogP contribution in [0.15, 0.2) is 118 Å². The summed E-state index contributed by atoms with van der Waals surface area (Å²) >= 11 is 0. The molecule has 0 aliphatic carbocycles. The van der Waals surface area contributed by atoms with Crippen LogP contribution in [0.25, 0.3) is 0 Å². The lowest BCUT2D eigenvalue weighted by Crippen LogP contribution is -2.48. The zero-order valence-corrected chi connectivity index (χ0v) is 24.4. The molecule has 0 unspecified atom stereocenters. The normalized spacial score (nSPS) is 13.3. The topological polar surface area (TPSA) is 291 Å². The van der Waals surface area contributed by atoms with Gasteiger partial charge in [0, 0.05) is 0 Å². The van der Waals surface area contributed by atoms with Crippen molar-refractivity contribution in [1.29, 1.82) is 0 Å². The van der Waals surface area contributed by atoms with Crippen LogP contribution in [-0.4, -0.2) is 44.0 Å². The van der Waals surface area contributed by atoms with Gasteiger partial charge in [0.25, 0.3) is 30.4 Å². The number of rotatable bonds is 9. The fourth-order valence-electron chi connectivity index (χ4n) is 3.39. The number of azo groups is 1. The van der Waals surface area contributed by atoms with Crippen molar-refractivity contribution >= 4 is 53.1 Å². The van der Waals surface area contributed by atoms with Crippen molar-refractivity contribution in [2.24, 2.45) is 20.4 Å². The minimum atomic E-state index is -4.51. The monoisotopic (exact) mass is 678 g/mol. The molecule has 0 atom stereocenters. The van der Waals surface area contributed by atoms with E-state index in [4.69, 9.17) is 13.7 Å². The molecule has 6 N–H and O–H groups in total. The van der Waals surface area contributed by atoms with E-state index in [0.29, 0.717) is 0 Å². The van der Waals surface area contributed by atoms with Gasteiger partial charge in [0.1, 0.15) is 0 Å². The molecule has 0 fully saturated rings. The molecule has 4 rings (SSSR count). The number of phenolic OH excluding ortho intramolecular Hbond substituents is 1. The van der Waals surface area contributed by atoms with E-state index < -0.39 is 78.0 Å². The molecular formula is C24H18N6O12S3. The second-order valence-corrected chi connectivity index (χ2v) is 12.9. The molecule has 0 bridgehead atoms. The lowest BCUT2D eigenvalue weighted by molar-refractivity contribution is 0.467. The molecule has 0 heterocycles. The summed E-state index contributed by atoms with van der Waals surface area (Å²) in [5.74, 6) is -1.05. The first kappa shape index (κ1) is 32.7. The van der Waals surface area contributed by atoms with Gasteiger partial charge in [-0.05, 0) is 72.8 Å². The van der Waals surface area contributed by atoms with Crippen molar-refractivity contribution in [2.75, 3.05) is 10.9 Å². The molecule has 18 nitrogen and oxygen atoms in total. The summed E-state index contributed by atoms with van der Waals surface area (Å²) in [5, 5.41) is 24.0. The third-order valence-corrected chi connectivity index (χ3v) is 8.21. The molecule has 21 heteroatoms. The van der Waals surface area contributed by atoms with Gasteiger partial charge < -0.3 is 5.11 Å². The van der Waals surface area contributed by atoms with Crippen molar-refractivity contribution < 1.29 is 44.0 Å². The molecule has 4 aromatic rings. The van der Waals surface area contributed by atoms with E-state index in [1.165, 1.54) is 0 Å². The van der Waals surface area contributed by atoms with Crippen LogP contribution in [0.5, 0.6) is 5.75 Å². The number of nitrogens with one attached hydrogen (secondary N) is 2. The highest BCUT2D eigenvalue weighted by Gasteiger charge is 2.17. The van der Waals surface area contributed by atoms with Crippen LogP contribution in [0.4, 0.5) is 22.7 Å². The van der Waals surface area contributed by atoms with Gasteiger partial charge in [0.2, 0.25) is 10.9 Å². The van der Waals surface area contributed by atoms with E-state index in [-0.39, 0.29) is 17.1 Å². The Labute approximate surface area is 252 Å². The first-order valence-corrected chi connectivity index (χ1v) is 16.1. The average Bonchev–Trinajstić information content (AvgIpc) is 2.96. The zero-order chi connectivity index (χ0) is 33.2. The Morgan fingerprint density at radius 2 is 0.889 bits per heavy atom. The van der Waals surface area contributed by atoms with Crippen molar-refractivity contribution in [3.05, 3.63) is 104 Å². The van der Waals surface area contributed by atoms with Crippen LogP contribution >= 0.6 is 0 Å². The van der Waals surface area contributed by atoms with Gasteiger partial charge in [0.05, 0.1) is 31.7 Å². The first-order chi connectivity index (χ1) is 20.9. The number of phenols is 1. The number of anilines is 2. The van der Waals surface area contributed by atoms with E-state index in [0.717, 1.165) is 72.8 Å². The Hall–Kier alpha value is -5.19. The van der Waals surface area contributed by atoms with Crippen LogP contribution in [0.3, 0.4) is 0 Å². The van der Waals surface area contributed by atoms with Gasteiger partial charge in [0.15, 0.2) is 22.2 Å². The summed E-state index contributed by atoms with van der Waals surface area (Å²) in [5.41, 5.74) is 1.52. The van der Waals surface area contributed by atoms with Gasteiger partial charge in [-0.15, -0.1) is 5.11 Å². The molecule has 0 amide bonds. The molecule has 0 aliphatic rings. The molecule has 0 saturated carbocycles. The van der Waals surface area contributed by atoms with E-state index in [1.807, 2.05) is 0 Å². The smallest absolute Gasteiger partial charge is 0.294 e. The van der Waals surface area contributed by atoms with E-state index >= 15 is 0 Å². The molecule has 0 aliphatic heterocycles. The van der Waals surface area contributed by atoms with E-state index in [1.54, 1.807) is 0 Å². The Morgan fingerprint density at radius 1 is 0.511 bits per heavy atom. The molecule has 45 heavy (non-hydrogen) atoms. The fraction of sp³-hybridized carbons (Fsp3) is 0. The highest BCUT2D eigenvalue weighted by atomic mass is 32.2. The molecule has 0 aromatic heterocycles. The van der Waals surface area contributed by atoms with Crippen molar-refractivity contribution in [3.8, 4) is 5.75 Å². The second kappa shape index (κ2) is 12.4. The highest BCUT2D eigenvalue weighted by molar-refractivity contribution is 7.86. The van der Waals surface area contributed by atoms with Crippen molar-refractivity contribution in [2.45, 2.75) is 14.7 Å². The largest absolute Gasteiger partial charge is 0.504 e. The van der Waals surface area contributed by atoms with Gasteiger partial charge in [-0.2, -0.15) is 40.6 Å². The first-order valence-electron chi connectivity index (χ1n) is 11.8. The molecule has 0 saturated heterocycles. The summed E-state index contributed by atoms with van der Waals surface area (Å²) in [6, 6.07) is 12.9. The van der Waals surface area contributed by atoms with Crippen LogP contribution in [-0.2, 0) is 30.4 Å². The Balaban J connectivity index is 1.82. The van der Waals surface area contributed by atoms with Crippen LogP contribution in [0.2, 0.25) is 0 Å². The Kier molecular flexibility index (Phi) is 9.04. The second-order valence-electron chi connectivity index (χ2n) is 8.67. The minimum absolute atomic E-state index is 0.0431. The van der Waals surface area contributed by atoms with Crippen LogP contribution in [0.1, 0.15) is 0 Å². The fourth-order valence-corrected chi connectivity index (χ4v) is 4.83. The van der Waals surface area contributed by atoms with E-state index in [2.05, 4.69) is 31.3 Å². The lowest BCUT2D eigenvalue weighted by atomic mass is 10.2. The third-order valence-electron chi connectivity index (χ3n) is 5.61. The number of nitrogens with zero attached hydrogens (tertiary/aromatic N) is 4. The highest BCUT2D eigenvalue weighted by Crippen LogP contribution is 2.22. The maximum absolute atomic E-state index is 13.2. The summed E-state index contributed by atoms with van der Waals surface area (Å²) in [7, 11) is -13.5.